The number of aromatic nitrogens is 3. The van der Waals surface area contributed by atoms with Crippen molar-refractivity contribution in [1.29, 1.82) is 0 Å². The van der Waals surface area contributed by atoms with Crippen LogP contribution >= 0.6 is 34.9 Å². The van der Waals surface area contributed by atoms with Gasteiger partial charge in [0.25, 0.3) is 17.4 Å². The fraction of sp³-hybridized carbons (Fsp3) is 0.194. The number of hydrogen-bond acceptors (Lipinski definition) is 11. The van der Waals surface area contributed by atoms with Crippen LogP contribution < -0.4 is 16.2 Å². The summed E-state index contributed by atoms with van der Waals surface area (Å²) >= 11 is 3.96. The van der Waals surface area contributed by atoms with Crippen molar-refractivity contribution in [3.05, 3.63) is 104 Å². The number of carboxylic acid groups (broad SMARTS) is 1. The summed E-state index contributed by atoms with van der Waals surface area (Å²) in [5, 5.41) is 32.1. The van der Waals surface area contributed by atoms with Crippen LogP contribution in [0.1, 0.15) is 27.5 Å². The molecule has 3 amide bonds. The lowest BCUT2D eigenvalue weighted by Gasteiger charge is -2.49. The van der Waals surface area contributed by atoms with E-state index in [4.69, 9.17) is 0 Å². The number of β-lactam (4-membered cyclic amide) rings is 1. The SMILES string of the molecule is Cc1ccc(-c2ccc(C(=O)NC(C(=O)NC3C(=O)N4C(C(=O)O)=C(CSc5nncs5)CS[C@@H]34)c3ccc(O)cc3)c(=O)[nH]2)cc1. The van der Waals surface area contributed by atoms with Crippen molar-refractivity contribution in [3.63, 3.8) is 0 Å². The zero-order valence-electron chi connectivity index (χ0n) is 24.5. The van der Waals surface area contributed by atoms with E-state index in [-0.39, 0.29) is 22.6 Å². The zero-order valence-corrected chi connectivity index (χ0v) is 26.9. The van der Waals surface area contributed by atoms with E-state index in [0.29, 0.717) is 27.1 Å². The van der Waals surface area contributed by atoms with Crippen LogP contribution in [-0.4, -0.2) is 76.9 Å². The maximum absolute atomic E-state index is 13.7. The number of aromatic amines is 1. The summed E-state index contributed by atoms with van der Waals surface area (Å²) in [4.78, 5) is 69.4. The maximum Gasteiger partial charge on any atom is 0.352 e. The minimum atomic E-state index is -1.36. The molecule has 4 heterocycles. The van der Waals surface area contributed by atoms with Gasteiger partial charge in [0.15, 0.2) is 4.34 Å². The van der Waals surface area contributed by atoms with Crippen LogP contribution in [0.4, 0.5) is 0 Å². The van der Waals surface area contributed by atoms with Crippen LogP contribution in [-0.2, 0) is 14.4 Å². The molecule has 2 aromatic heterocycles. The lowest BCUT2D eigenvalue weighted by molar-refractivity contribution is -0.151. The van der Waals surface area contributed by atoms with Crippen LogP contribution in [0.2, 0.25) is 0 Å². The van der Waals surface area contributed by atoms with Gasteiger partial charge in [0.2, 0.25) is 5.91 Å². The monoisotopic (exact) mass is 690 g/mol. The van der Waals surface area contributed by atoms with E-state index < -0.39 is 46.7 Å². The predicted octanol–water partition coefficient (Wildman–Crippen LogP) is 2.91. The number of carbonyl (C=O) groups excluding carboxylic acids is 3. The molecule has 0 spiro atoms. The lowest BCUT2D eigenvalue weighted by Crippen LogP contribution is -2.71. The van der Waals surface area contributed by atoms with E-state index in [2.05, 4.69) is 25.8 Å². The molecule has 2 aliphatic heterocycles. The third-order valence-electron chi connectivity index (χ3n) is 7.54. The Kier molecular flexibility index (Phi) is 9.15. The summed E-state index contributed by atoms with van der Waals surface area (Å²) in [5.74, 6) is -2.91. The number of carbonyl (C=O) groups is 4. The lowest BCUT2D eigenvalue weighted by atomic mass is 10.0. The van der Waals surface area contributed by atoms with Gasteiger partial charge in [0.05, 0.1) is 0 Å². The van der Waals surface area contributed by atoms with Crippen molar-refractivity contribution in [3.8, 4) is 17.0 Å². The maximum atomic E-state index is 13.7. The standard InChI is InChI=1S/C31H26N6O7S3/c1-15-2-4-16(5-3-15)21-11-10-20(25(39)33-21)26(40)34-22(17-6-8-19(38)9-7-17)27(41)35-23-28(42)37-24(30(43)44)18(12-45-29(23)37)13-46-31-36-32-14-47-31/h2-11,14,22-23,29,38H,12-13H2,1H3,(H,33,39)(H,34,40)(H,35,41)(H,43,44)/t22?,23?,29-/m0/s1. The van der Waals surface area contributed by atoms with Gasteiger partial charge in [-0.2, -0.15) is 0 Å². The molecule has 0 bridgehead atoms. The number of nitrogens with zero attached hydrogens (tertiary/aromatic N) is 3. The van der Waals surface area contributed by atoms with Crippen LogP contribution in [0.3, 0.4) is 0 Å². The fourth-order valence-electron chi connectivity index (χ4n) is 5.14. The number of hydrogen-bond donors (Lipinski definition) is 5. The van der Waals surface area contributed by atoms with Gasteiger partial charge in [-0.1, -0.05) is 65.1 Å². The molecule has 5 N–H and O–H groups in total. The molecule has 6 rings (SSSR count). The fourth-order valence-corrected chi connectivity index (χ4v) is 8.11. The molecule has 2 unspecified atom stereocenters. The Hall–Kier alpha value is -4.93. The Morgan fingerprint density at radius 2 is 1.83 bits per heavy atom. The first-order chi connectivity index (χ1) is 22.6. The summed E-state index contributed by atoms with van der Waals surface area (Å²) < 4.78 is 0.668. The molecule has 2 aliphatic rings. The van der Waals surface area contributed by atoms with Crippen molar-refractivity contribution >= 4 is 58.6 Å². The predicted molar refractivity (Wildman–Crippen MR) is 176 cm³/mol. The Balaban J connectivity index is 1.20. The van der Waals surface area contributed by atoms with Crippen molar-refractivity contribution in [2.45, 2.75) is 28.7 Å². The molecule has 0 saturated carbocycles. The second kappa shape index (κ2) is 13.4. The Morgan fingerprint density at radius 1 is 1.09 bits per heavy atom. The number of pyridine rings is 1. The molecule has 47 heavy (non-hydrogen) atoms. The largest absolute Gasteiger partial charge is 0.508 e. The van der Waals surface area contributed by atoms with Crippen molar-refractivity contribution < 1.29 is 29.4 Å². The number of aliphatic carboxylic acids is 1. The molecule has 1 fully saturated rings. The molecular formula is C31H26N6O7S3. The van der Waals surface area contributed by atoms with Crippen molar-refractivity contribution in [2.24, 2.45) is 0 Å². The van der Waals surface area contributed by atoms with Crippen LogP contribution in [0.15, 0.2) is 86.6 Å². The minimum absolute atomic E-state index is 0.0705. The Morgan fingerprint density at radius 3 is 2.49 bits per heavy atom. The number of rotatable bonds is 10. The van der Waals surface area contributed by atoms with Crippen LogP contribution in [0.5, 0.6) is 5.75 Å². The first-order valence-corrected chi connectivity index (χ1v) is 17.0. The highest BCUT2D eigenvalue weighted by Crippen LogP contribution is 2.42. The molecule has 16 heteroatoms. The third kappa shape index (κ3) is 6.65. The number of H-pyrrole nitrogens is 1. The van der Waals surface area contributed by atoms with Gasteiger partial charge in [-0.15, -0.1) is 22.0 Å². The molecule has 13 nitrogen and oxygen atoms in total. The molecule has 240 valence electrons. The average Bonchev–Trinajstić information content (AvgIpc) is 3.59. The number of aryl methyl sites for hydroxylation is 1. The van der Waals surface area contributed by atoms with E-state index in [1.807, 2.05) is 31.2 Å². The van der Waals surface area contributed by atoms with E-state index in [1.54, 1.807) is 11.6 Å². The molecule has 4 aromatic rings. The number of phenols is 1. The molecular weight excluding hydrogens is 665 g/mol. The molecule has 2 aromatic carbocycles. The second-order valence-electron chi connectivity index (χ2n) is 10.6. The second-order valence-corrected chi connectivity index (χ2v) is 13.8. The Labute approximate surface area is 279 Å². The summed E-state index contributed by atoms with van der Waals surface area (Å²) in [7, 11) is 0. The average molecular weight is 691 g/mol. The quantitative estimate of drug-likeness (QED) is 0.121. The van der Waals surface area contributed by atoms with Crippen LogP contribution in [0, 0.1) is 6.92 Å². The summed E-state index contributed by atoms with van der Waals surface area (Å²) in [6.45, 7) is 1.94. The smallest absolute Gasteiger partial charge is 0.352 e. The van der Waals surface area contributed by atoms with E-state index in [0.717, 1.165) is 11.1 Å². The number of benzene rings is 2. The van der Waals surface area contributed by atoms with Crippen molar-refractivity contribution in [1.82, 2.24) is 30.7 Å². The van der Waals surface area contributed by atoms with Gasteiger partial charge in [-0.3, -0.25) is 24.1 Å². The highest BCUT2D eigenvalue weighted by atomic mass is 32.2. The first-order valence-electron chi connectivity index (χ1n) is 14.1. The summed E-state index contributed by atoms with van der Waals surface area (Å²) in [6.07, 6.45) is 0. The van der Waals surface area contributed by atoms with Crippen molar-refractivity contribution in [2.75, 3.05) is 11.5 Å². The normalized spacial score (nSPS) is 17.8. The van der Waals surface area contributed by atoms with Gasteiger partial charge in [-0.05, 0) is 47.9 Å². The number of fused-ring (bicyclic) bond motifs is 1. The number of amides is 3. The molecule has 0 radical (unpaired) electrons. The first kappa shape index (κ1) is 32.0. The third-order valence-corrected chi connectivity index (χ3v) is 10.8. The van der Waals surface area contributed by atoms with Gasteiger partial charge in [-0.25, -0.2) is 4.79 Å². The highest BCUT2D eigenvalue weighted by Gasteiger charge is 2.54. The van der Waals surface area contributed by atoms with Gasteiger partial charge in [0, 0.05) is 17.2 Å². The topological polar surface area (TPSA) is 195 Å². The van der Waals surface area contributed by atoms with Gasteiger partial charge >= 0.3 is 5.97 Å². The highest BCUT2D eigenvalue weighted by molar-refractivity contribution is 8.01. The number of phenolic OH excluding ortho intramolecular Hbond substituents is 1. The van der Waals surface area contributed by atoms with Crippen LogP contribution in [0.25, 0.3) is 11.3 Å². The molecule has 3 atom stereocenters. The number of nitrogens with one attached hydrogen (secondary N) is 3. The van der Waals surface area contributed by atoms with Gasteiger partial charge in [0.1, 0.15) is 40.0 Å². The number of carboxylic acids is 1. The number of aromatic hydroxyl groups is 1. The van der Waals surface area contributed by atoms with E-state index in [9.17, 15) is 34.2 Å². The Bertz CT molecular complexity index is 1950. The summed E-state index contributed by atoms with van der Waals surface area (Å²) in [5.41, 5.74) is 3.68. The zero-order chi connectivity index (χ0) is 33.2. The van der Waals surface area contributed by atoms with Gasteiger partial charge < -0.3 is 25.8 Å². The molecule has 0 aliphatic carbocycles. The molecule has 1 saturated heterocycles. The summed E-state index contributed by atoms with van der Waals surface area (Å²) in [6, 6.07) is 13.5. The van der Waals surface area contributed by atoms with E-state index >= 15 is 0 Å². The minimum Gasteiger partial charge on any atom is -0.508 e. The van der Waals surface area contributed by atoms with E-state index in [1.165, 1.54) is 70.1 Å². The number of thioether (sulfide) groups is 2.